The van der Waals surface area contributed by atoms with Crippen LogP contribution in [0.3, 0.4) is 0 Å². The number of carbonyl (C=O) groups is 1. The minimum absolute atomic E-state index is 0.0752. The Bertz CT molecular complexity index is 913. The lowest BCUT2D eigenvalue weighted by molar-refractivity contribution is -0.182. The highest BCUT2D eigenvalue weighted by molar-refractivity contribution is 6.02. The Morgan fingerprint density at radius 2 is 1.50 bits per heavy atom. The molecular weight excluding hydrogens is 490 g/mol. The fraction of sp³-hybridized carbons (Fsp3) is 0.708. The number of carbonyl (C=O) groups excluding carboxylic acids is 1. The molecule has 0 aromatic heterocycles. The molecule has 0 radical (unpaired) electrons. The van der Waals surface area contributed by atoms with Gasteiger partial charge in [-0.3, -0.25) is 4.79 Å². The first-order valence-electron chi connectivity index (χ1n) is 12.1. The minimum atomic E-state index is -4.29. The largest absolute Gasteiger partial charge is 0.397 e. The molecule has 3 rings (SSSR count). The number of aliphatic hydroxyl groups is 1. The summed E-state index contributed by atoms with van der Waals surface area (Å²) in [4.78, 5) is 14.9. The van der Waals surface area contributed by atoms with Crippen molar-refractivity contribution in [2.24, 2.45) is 11.8 Å². The van der Waals surface area contributed by atoms with Crippen molar-refractivity contribution in [1.29, 1.82) is 0 Å². The van der Waals surface area contributed by atoms with Crippen molar-refractivity contribution in [2.45, 2.75) is 76.4 Å². The molecule has 1 aliphatic carbocycles. The van der Waals surface area contributed by atoms with E-state index in [0.717, 1.165) is 0 Å². The molecule has 2 aliphatic rings. The standard InChI is InChI=1S/C24H34F6N4O2/c1-22(2,36)13-32-19-12-20(34-9-7-15(8-10-34)24(28,29)30)17(11-18(19)31)21(35)33-16-5-3-14(4-6-16)23(25,26)27/h11-12,14-16,32,36H,3-10,13,31H2,1-2H3,(H,33,35)/t14-,16-. The number of benzene rings is 1. The van der Waals surface area contributed by atoms with Crippen molar-refractivity contribution in [3.05, 3.63) is 17.7 Å². The third kappa shape index (κ3) is 7.33. The highest BCUT2D eigenvalue weighted by Gasteiger charge is 2.43. The molecule has 1 saturated heterocycles. The lowest BCUT2D eigenvalue weighted by Crippen LogP contribution is -2.42. The van der Waals surface area contributed by atoms with Gasteiger partial charge in [0.05, 0.1) is 40.1 Å². The summed E-state index contributed by atoms with van der Waals surface area (Å²) in [5.74, 6) is -3.33. The second-order valence-corrected chi connectivity index (χ2v) is 10.5. The van der Waals surface area contributed by atoms with Crippen LogP contribution in [0.4, 0.5) is 43.4 Å². The van der Waals surface area contributed by atoms with Crippen LogP contribution < -0.4 is 21.3 Å². The van der Waals surface area contributed by atoms with Gasteiger partial charge in [0.1, 0.15) is 0 Å². The average Bonchev–Trinajstić information content (AvgIpc) is 2.76. The summed E-state index contributed by atoms with van der Waals surface area (Å²) >= 11 is 0. The quantitative estimate of drug-likeness (QED) is 0.308. The van der Waals surface area contributed by atoms with Crippen molar-refractivity contribution in [3.63, 3.8) is 0 Å². The van der Waals surface area contributed by atoms with Crippen LogP contribution in [-0.4, -0.2) is 54.6 Å². The first-order valence-corrected chi connectivity index (χ1v) is 12.1. The molecule has 1 saturated carbocycles. The van der Waals surface area contributed by atoms with Crippen LogP contribution in [-0.2, 0) is 0 Å². The zero-order valence-corrected chi connectivity index (χ0v) is 20.4. The third-order valence-corrected chi connectivity index (χ3v) is 6.95. The van der Waals surface area contributed by atoms with Crippen molar-refractivity contribution in [2.75, 3.05) is 35.6 Å². The summed E-state index contributed by atoms with van der Waals surface area (Å²) in [7, 11) is 0. The van der Waals surface area contributed by atoms with E-state index < -0.39 is 41.7 Å². The second kappa shape index (κ2) is 10.5. The van der Waals surface area contributed by atoms with Crippen LogP contribution in [0, 0.1) is 11.8 Å². The number of nitrogens with one attached hydrogen (secondary N) is 2. The lowest BCUT2D eigenvalue weighted by atomic mass is 9.85. The number of halogens is 6. The molecule has 36 heavy (non-hydrogen) atoms. The summed E-state index contributed by atoms with van der Waals surface area (Å²) in [5, 5.41) is 15.8. The first-order chi connectivity index (χ1) is 16.5. The van der Waals surface area contributed by atoms with Gasteiger partial charge in [-0.1, -0.05) is 0 Å². The fourth-order valence-corrected chi connectivity index (χ4v) is 4.79. The molecule has 0 unspecified atom stereocenters. The number of nitrogens with two attached hydrogens (primary N) is 1. The number of hydrogen-bond donors (Lipinski definition) is 4. The van der Waals surface area contributed by atoms with Crippen LogP contribution >= 0.6 is 0 Å². The molecule has 12 heteroatoms. The van der Waals surface area contributed by atoms with Gasteiger partial charge in [0.15, 0.2) is 0 Å². The molecule has 1 aromatic rings. The Balaban J connectivity index is 1.81. The lowest BCUT2D eigenvalue weighted by Gasteiger charge is -2.36. The zero-order valence-electron chi connectivity index (χ0n) is 20.4. The van der Waals surface area contributed by atoms with Gasteiger partial charge < -0.3 is 26.4 Å². The van der Waals surface area contributed by atoms with Gasteiger partial charge in [-0.25, -0.2) is 0 Å². The van der Waals surface area contributed by atoms with Gasteiger partial charge in [-0.2, -0.15) is 26.3 Å². The molecule has 0 bridgehead atoms. The topological polar surface area (TPSA) is 90.6 Å². The molecule has 1 amide bonds. The van der Waals surface area contributed by atoms with Crippen LogP contribution in [0.1, 0.15) is 62.7 Å². The van der Waals surface area contributed by atoms with Crippen molar-refractivity contribution in [1.82, 2.24) is 5.32 Å². The van der Waals surface area contributed by atoms with Gasteiger partial charge in [0.2, 0.25) is 0 Å². The Hall–Kier alpha value is -2.37. The van der Waals surface area contributed by atoms with Crippen LogP contribution in [0.2, 0.25) is 0 Å². The maximum atomic E-state index is 13.2. The molecule has 5 N–H and O–H groups in total. The van der Waals surface area contributed by atoms with Crippen molar-refractivity contribution in [3.8, 4) is 0 Å². The predicted octanol–water partition coefficient (Wildman–Crippen LogP) is 5.08. The average molecular weight is 525 g/mol. The molecule has 1 aromatic carbocycles. The van der Waals surface area contributed by atoms with E-state index in [0.29, 0.717) is 11.4 Å². The number of nitrogens with zero attached hydrogens (tertiary/aromatic N) is 1. The van der Waals surface area contributed by atoms with Gasteiger partial charge in [-0.15, -0.1) is 0 Å². The summed E-state index contributed by atoms with van der Waals surface area (Å²) in [6, 6.07) is 2.58. The monoisotopic (exact) mass is 524 g/mol. The molecule has 204 valence electrons. The number of piperidine rings is 1. The Morgan fingerprint density at radius 1 is 0.972 bits per heavy atom. The molecule has 1 heterocycles. The second-order valence-electron chi connectivity index (χ2n) is 10.5. The Kier molecular flexibility index (Phi) is 8.26. The normalized spacial score (nSPS) is 22.4. The van der Waals surface area contributed by atoms with Crippen molar-refractivity contribution >= 4 is 23.0 Å². The number of alkyl halides is 6. The van der Waals surface area contributed by atoms with E-state index in [-0.39, 0.29) is 69.4 Å². The van der Waals surface area contributed by atoms with E-state index in [2.05, 4.69) is 10.6 Å². The number of rotatable bonds is 6. The van der Waals surface area contributed by atoms with Crippen LogP contribution in [0.25, 0.3) is 0 Å². The zero-order chi connectivity index (χ0) is 26.9. The fourth-order valence-electron chi connectivity index (χ4n) is 4.79. The van der Waals surface area contributed by atoms with Crippen LogP contribution in [0.5, 0.6) is 0 Å². The van der Waals surface area contributed by atoms with E-state index in [1.54, 1.807) is 24.8 Å². The van der Waals surface area contributed by atoms with Gasteiger partial charge >= 0.3 is 12.4 Å². The number of anilines is 3. The molecular formula is C24H34F6N4O2. The molecule has 1 aliphatic heterocycles. The summed E-state index contributed by atoms with van der Waals surface area (Å²) < 4.78 is 78.4. The molecule has 0 spiro atoms. The van der Waals surface area contributed by atoms with E-state index in [4.69, 9.17) is 5.73 Å². The summed E-state index contributed by atoms with van der Waals surface area (Å²) in [5.41, 5.74) is 6.26. The maximum Gasteiger partial charge on any atom is 0.391 e. The first kappa shape index (κ1) is 28.2. The predicted molar refractivity (Wildman–Crippen MR) is 126 cm³/mol. The highest BCUT2D eigenvalue weighted by atomic mass is 19.4. The third-order valence-electron chi connectivity index (χ3n) is 6.95. The smallest absolute Gasteiger partial charge is 0.391 e. The molecule has 2 fully saturated rings. The Labute approximate surface area is 206 Å². The van der Waals surface area contributed by atoms with Crippen molar-refractivity contribution < 1.29 is 36.2 Å². The molecule has 6 nitrogen and oxygen atoms in total. The SMILES string of the molecule is CC(C)(O)CNc1cc(N2CCC(C(F)(F)F)CC2)c(C(=O)N[C@H]2CC[C@H](C(F)(F)F)CC2)cc1N. The highest BCUT2D eigenvalue weighted by Crippen LogP contribution is 2.39. The molecule has 0 atom stereocenters. The van der Waals surface area contributed by atoms with Gasteiger partial charge in [-0.05, 0) is 64.5 Å². The maximum absolute atomic E-state index is 13.2. The summed E-state index contributed by atoms with van der Waals surface area (Å²) in [6.07, 6.45) is -8.58. The number of nitrogen functional groups attached to an aromatic ring is 1. The Morgan fingerprint density at radius 3 is 2.00 bits per heavy atom. The van der Waals surface area contributed by atoms with Crippen LogP contribution in [0.15, 0.2) is 12.1 Å². The number of hydrogen-bond acceptors (Lipinski definition) is 5. The number of amides is 1. The minimum Gasteiger partial charge on any atom is -0.397 e. The van der Waals surface area contributed by atoms with Gasteiger partial charge in [0.25, 0.3) is 5.91 Å². The van der Waals surface area contributed by atoms with E-state index >= 15 is 0 Å². The van der Waals surface area contributed by atoms with E-state index in [1.165, 1.54) is 6.07 Å². The van der Waals surface area contributed by atoms with Gasteiger partial charge in [0, 0.05) is 25.7 Å². The summed E-state index contributed by atoms with van der Waals surface area (Å²) in [6.45, 7) is 3.48. The van der Waals surface area contributed by atoms with E-state index in [9.17, 15) is 36.2 Å². The van der Waals surface area contributed by atoms with E-state index in [1.807, 2.05) is 0 Å².